The van der Waals surface area contributed by atoms with Crippen LogP contribution in [0.5, 0.6) is 0 Å². The highest BCUT2D eigenvalue weighted by Crippen LogP contribution is 1.95. The quantitative estimate of drug-likeness (QED) is 0.179. The third-order valence-electron chi connectivity index (χ3n) is 4.03. The first-order valence-corrected chi connectivity index (χ1v) is 11.6. The second kappa shape index (κ2) is 23.9. The minimum atomic E-state index is 0.440. The molecule has 0 aliphatic heterocycles. The highest BCUT2D eigenvalue weighted by molar-refractivity contribution is 4.89. The molecule has 0 fully saturated rings. The molecule has 1 rings (SSSR count). The summed E-state index contributed by atoms with van der Waals surface area (Å²) in [6.45, 7) is 11.7. The van der Waals surface area contributed by atoms with Crippen LogP contribution in [-0.2, 0) is 51.0 Å². The summed E-state index contributed by atoms with van der Waals surface area (Å²) < 4.78 is 45.0. The van der Waals surface area contributed by atoms with Crippen LogP contribution < -0.4 is 5.73 Å². The molecule has 1 heterocycles. The number of nitrogens with zero attached hydrogens (tertiary/aromatic N) is 3. The first kappa shape index (κ1) is 29.8. The van der Waals surface area contributed by atoms with E-state index in [0.29, 0.717) is 112 Å². The summed E-state index contributed by atoms with van der Waals surface area (Å²) in [5.74, 6) is 0. The standard InChI is InChI=1S/C21H42N4O8/c1-2-25-19-21(23-24-25)20-33-18-17-32-16-15-31-14-13-30-12-11-29-10-9-28-8-7-27-6-5-26-4-3-22/h19H,2-18,20,22H2,1H3. The Kier molecular flexibility index (Phi) is 21.6. The Bertz CT molecular complexity index is 524. The molecule has 0 aromatic carbocycles. The third-order valence-corrected chi connectivity index (χ3v) is 4.03. The van der Waals surface area contributed by atoms with Crippen molar-refractivity contribution in [2.75, 3.05) is 106 Å². The summed E-state index contributed by atoms with van der Waals surface area (Å²) in [6.07, 6.45) is 1.88. The van der Waals surface area contributed by atoms with Gasteiger partial charge in [-0.1, -0.05) is 5.21 Å². The maximum Gasteiger partial charge on any atom is 0.108 e. The van der Waals surface area contributed by atoms with Crippen molar-refractivity contribution in [1.82, 2.24) is 15.0 Å². The van der Waals surface area contributed by atoms with Gasteiger partial charge in [-0.2, -0.15) is 0 Å². The summed E-state index contributed by atoms with van der Waals surface area (Å²) in [5, 5.41) is 7.96. The van der Waals surface area contributed by atoms with E-state index < -0.39 is 0 Å². The van der Waals surface area contributed by atoms with Gasteiger partial charge in [-0.25, -0.2) is 0 Å². The summed E-state index contributed by atoms with van der Waals surface area (Å²) in [4.78, 5) is 0. The van der Waals surface area contributed by atoms with Gasteiger partial charge in [-0.15, -0.1) is 5.10 Å². The van der Waals surface area contributed by atoms with Gasteiger partial charge in [-0.05, 0) is 6.92 Å². The number of nitrogens with two attached hydrogens (primary N) is 1. The molecule has 0 atom stereocenters. The van der Waals surface area contributed by atoms with Gasteiger partial charge in [0.15, 0.2) is 0 Å². The third kappa shape index (κ3) is 19.9. The van der Waals surface area contributed by atoms with Crippen LogP contribution >= 0.6 is 0 Å². The Morgan fingerprint density at radius 2 is 0.970 bits per heavy atom. The van der Waals surface area contributed by atoms with E-state index in [1.54, 1.807) is 4.68 Å². The molecule has 33 heavy (non-hydrogen) atoms. The lowest BCUT2D eigenvalue weighted by molar-refractivity contribution is -0.0235. The molecule has 12 nitrogen and oxygen atoms in total. The van der Waals surface area contributed by atoms with Crippen molar-refractivity contribution in [2.24, 2.45) is 5.73 Å². The Balaban J connectivity index is 1.66. The lowest BCUT2D eigenvalue weighted by Gasteiger charge is -2.08. The number of rotatable bonds is 26. The molecule has 0 saturated carbocycles. The van der Waals surface area contributed by atoms with E-state index in [0.717, 1.165) is 12.2 Å². The summed E-state index contributed by atoms with van der Waals surface area (Å²) >= 11 is 0. The molecule has 0 bridgehead atoms. The summed E-state index contributed by atoms with van der Waals surface area (Å²) in [6, 6.07) is 0. The van der Waals surface area contributed by atoms with Gasteiger partial charge in [0.1, 0.15) is 5.69 Å². The molecule has 0 aliphatic carbocycles. The number of hydrogen-bond acceptors (Lipinski definition) is 11. The molecule has 0 saturated heterocycles. The van der Waals surface area contributed by atoms with E-state index in [1.165, 1.54) is 0 Å². The topological polar surface area (TPSA) is 131 Å². The molecule has 0 aliphatic rings. The van der Waals surface area contributed by atoms with Gasteiger partial charge < -0.3 is 43.6 Å². The molecule has 0 radical (unpaired) electrons. The Morgan fingerprint density at radius 3 is 1.30 bits per heavy atom. The SMILES string of the molecule is CCn1cc(COCCOCCOCCOCCOCCOCCOCCOCCN)nn1. The van der Waals surface area contributed by atoms with Crippen molar-refractivity contribution in [1.29, 1.82) is 0 Å². The minimum absolute atomic E-state index is 0.440. The van der Waals surface area contributed by atoms with Gasteiger partial charge in [0.25, 0.3) is 0 Å². The number of aryl methyl sites for hydroxylation is 1. The molecule has 12 heteroatoms. The fraction of sp³-hybridized carbons (Fsp3) is 0.905. The van der Waals surface area contributed by atoms with Crippen LogP contribution in [0.15, 0.2) is 6.20 Å². The molecule has 0 unspecified atom stereocenters. The highest BCUT2D eigenvalue weighted by atomic mass is 16.6. The van der Waals surface area contributed by atoms with Crippen molar-refractivity contribution in [3.05, 3.63) is 11.9 Å². The van der Waals surface area contributed by atoms with Crippen molar-refractivity contribution in [2.45, 2.75) is 20.1 Å². The molecule has 194 valence electrons. The number of hydrogen-bond donors (Lipinski definition) is 1. The predicted molar refractivity (Wildman–Crippen MR) is 120 cm³/mol. The lowest BCUT2D eigenvalue weighted by Crippen LogP contribution is -2.15. The van der Waals surface area contributed by atoms with E-state index in [-0.39, 0.29) is 0 Å². The molecular weight excluding hydrogens is 436 g/mol. The van der Waals surface area contributed by atoms with Crippen LogP contribution in [0.25, 0.3) is 0 Å². The van der Waals surface area contributed by atoms with Crippen LogP contribution in [0.3, 0.4) is 0 Å². The second-order valence-corrected chi connectivity index (χ2v) is 6.69. The fourth-order valence-electron chi connectivity index (χ4n) is 2.36. The zero-order valence-corrected chi connectivity index (χ0v) is 20.0. The summed E-state index contributed by atoms with van der Waals surface area (Å²) in [7, 11) is 0. The summed E-state index contributed by atoms with van der Waals surface area (Å²) in [5.41, 5.74) is 6.14. The van der Waals surface area contributed by atoms with Crippen molar-refractivity contribution < 1.29 is 37.9 Å². The van der Waals surface area contributed by atoms with Crippen LogP contribution in [0.2, 0.25) is 0 Å². The zero-order chi connectivity index (χ0) is 23.7. The van der Waals surface area contributed by atoms with Gasteiger partial charge in [0.05, 0.1) is 112 Å². The lowest BCUT2D eigenvalue weighted by atomic mass is 10.5. The Morgan fingerprint density at radius 1 is 0.606 bits per heavy atom. The highest BCUT2D eigenvalue weighted by Gasteiger charge is 1.99. The minimum Gasteiger partial charge on any atom is -0.378 e. The van der Waals surface area contributed by atoms with Gasteiger partial charge in [0, 0.05) is 13.1 Å². The average Bonchev–Trinajstić information content (AvgIpc) is 3.30. The number of aromatic nitrogens is 3. The molecule has 1 aromatic heterocycles. The maximum atomic E-state index is 5.49. The van der Waals surface area contributed by atoms with Crippen molar-refractivity contribution in [3.63, 3.8) is 0 Å². The van der Waals surface area contributed by atoms with Crippen LogP contribution in [0, 0.1) is 0 Å². The first-order chi connectivity index (χ1) is 16.4. The fourth-order valence-corrected chi connectivity index (χ4v) is 2.36. The molecular formula is C21H42N4O8. The Labute approximate surface area is 196 Å². The van der Waals surface area contributed by atoms with Crippen LogP contribution in [-0.4, -0.2) is 121 Å². The van der Waals surface area contributed by atoms with E-state index in [4.69, 9.17) is 43.6 Å². The van der Waals surface area contributed by atoms with Crippen molar-refractivity contribution >= 4 is 0 Å². The molecule has 0 spiro atoms. The van der Waals surface area contributed by atoms with Gasteiger partial charge in [-0.3, -0.25) is 4.68 Å². The number of ether oxygens (including phenoxy) is 8. The monoisotopic (exact) mass is 478 g/mol. The van der Waals surface area contributed by atoms with Crippen LogP contribution in [0.1, 0.15) is 12.6 Å². The Hall–Kier alpha value is -1.22. The van der Waals surface area contributed by atoms with Gasteiger partial charge in [0.2, 0.25) is 0 Å². The van der Waals surface area contributed by atoms with E-state index in [2.05, 4.69) is 10.3 Å². The van der Waals surface area contributed by atoms with E-state index in [1.807, 2.05) is 13.1 Å². The normalized spacial score (nSPS) is 11.5. The molecule has 1 aromatic rings. The maximum absolute atomic E-state index is 5.49. The van der Waals surface area contributed by atoms with Gasteiger partial charge >= 0.3 is 0 Å². The molecule has 2 N–H and O–H groups in total. The van der Waals surface area contributed by atoms with Crippen LogP contribution in [0.4, 0.5) is 0 Å². The first-order valence-electron chi connectivity index (χ1n) is 11.6. The molecule has 0 amide bonds. The largest absolute Gasteiger partial charge is 0.378 e. The smallest absolute Gasteiger partial charge is 0.108 e. The predicted octanol–water partition coefficient (Wildman–Crippen LogP) is -0.110. The van der Waals surface area contributed by atoms with Crippen molar-refractivity contribution in [3.8, 4) is 0 Å². The van der Waals surface area contributed by atoms with E-state index in [9.17, 15) is 0 Å². The second-order valence-electron chi connectivity index (χ2n) is 6.69. The van der Waals surface area contributed by atoms with E-state index >= 15 is 0 Å². The average molecular weight is 479 g/mol. The zero-order valence-electron chi connectivity index (χ0n) is 20.0.